The van der Waals surface area contributed by atoms with Crippen molar-refractivity contribution in [1.29, 1.82) is 0 Å². The average Bonchev–Trinajstić information content (AvgIpc) is 2.36. The third-order valence-corrected chi connectivity index (χ3v) is 1.64. The lowest BCUT2D eigenvalue weighted by atomic mass is 10.3. The fourth-order valence-corrected chi connectivity index (χ4v) is 1.09. The minimum Gasteiger partial charge on any atom is -0.497 e. The average molecular weight is 184 g/mol. The van der Waals surface area contributed by atoms with Gasteiger partial charge in [-0.25, -0.2) is 0 Å². The Morgan fingerprint density at radius 1 is 1.23 bits per heavy atom. The number of ether oxygens (including phenoxy) is 3. The largest absolute Gasteiger partial charge is 0.505 e. The van der Waals surface area contributed by atoms with Crippen LogP contribution in [0.1, 0.15) is 0 Å². The first-order valence-corrected chi connectivity index (χ1v) is 3.61. The molecule has 0 spiro atoms. The Kier molecular flexibility index (Phi) is 1.58. The predicted octanol–water partition coefficient (Wildman–Crippen LogP) is 0.0623. The van der Waals surface area contributed by atoms with Crippen molar-refractivity contribution in [2.24, 2.45) is 0 Å². The fraction of sp³-hybridized carbons (Fsp3) is 0.250. The number of aliphatic hydroxyl groups is 2. The molecule has 1 aromatic carbocycles. The zero-order chi connectivity index (χ0) is 9.47. The first-order chi connectivity index (χ1) is 6.11. The van der Waals surface area contributed by atoms with Crippen LogP contribution in [0.25, 0.3) is 0 Å². The smallest absolute Gasteiger partial charge is 0.497 e. The van der Waals surface area contributed by atoms with E-state index in [1.807, 2.05) is 0 Å². The van der Waals surface area contributed by atoms with Gasteiger partial charge >= 0.3 is 6.16 Å². The third kappa shape index (κ3) is 1.39. The minimum absolute atomic E-state index is 0.240. The molecule has 5 nitrogen and oxygen atoms in total. The van der Waals surface area contributed by atoms with E-state index in [2.05, 4.69) is 9.47 Å². The lowest BCUT2D eigenvalue weighted by Gasteiger charge is -2.10. The van der Waals surface area contributed by atoms with Gasteiger partial charge in [-0.05, 0) is 12.1 Å². The molecule has 2 rings (SSSR count). The summed E-state index contributed by atoms with van der Waals surface area (Å²) in [4.78, 5) is 0. The van der Waals surface area contributed by atoms with E-state index in [4.69, 9.17) is 14.9 Å². The molecule has 2 N–H and O–H groups in total. The number of hydrogen-bond donors (Lipinski definition) is 2. The topological polar surface area (TPSA) is 68.2 Å². The summed E-state index contributed by atoms with van der Waals surface area (Å²) in [6.45, 7) is 0. The van der Waals surface area contributed by atoms with Crippen LogP contribution in [0.4, 0.5) is 0 Å². The molecule has 5 heteroatoms. The Balaban J connectivity index is 2.36. The first kappa shape index (κ1) is 8.15. The molecule has 1 heterocycles. The molecule has 1 aliphatic heterocycles. The van der Waals surface area contributed by atoms with Crippen LogP contribution in [0, 0.1) is 0 Å². The third-order valence-electron chi connectivity index (χ3n) is 1.64. The summed E-state index contributed by atoms with van der Waals surface area (Å²) in [5.41, 5.74) is 0. The molecule has 13 heavy (non-hydrogen) atoms. The van der Waals surface area contributed by atoms with Gasteiger partial charge in [0, 0.05) is 6.07 Å². The molecule has 0 saturated carbocycles. The molecule has 0 aromatic heterocycles. The maximum Gasteiger partial charge on any atom is 0.505 e. The van der Waals surface area contributed by atoms with Gasteiger partial charge in [0.1, 0.15) is 5.75 Å². The molecule has 0 unspecified atom stereocenters. The second-order valence-corrected chi connectivity index (χ2v) is 2.57. The van der Waals surface area contributed by atoms with Crippen molar-refractivity contribution in [2.45, 2.75) is 6.16 Å². The van der Waals surface area contributed by atoms with E-state index in [-0.39, 0.29) is 11.5 Å². The van der Waals surface area contributed by atoms with Crippen LogP contribution in [0.2, 0.25) is 0 Å². The lowest BCUT2D eigenvalue weighted by Crippen LogP contribution is -2.37. The molecule has 0 fully saturated rings. The van der Waals surface area contributed by atoms with Crippen LogP contribution in [0.5, 0.6) is 17.2 Å². The van der Waals surface area contributed by atoms with Crippen LogP contribution in [0.15, 0.2) is 18.2 Å². The predicted molar refractivity (Wildman–Crippen MR) is 41.4 cm³/mol. The molecule has 0 aliphatic carbocycles. The number of fused-ring (bicyclic) bond motifs is 1. The van der Waals surface area contributed by atoms with E-state index in [0.29, 0.717) is 5.75 Å². The highest BCUT2D eigenvalue weighted by molar-refractivity contribution is 5.47. The van der Waals surface area contributed by atoms with Gasteiger partial charge in [0.05, 0.1) is 7.11 Å². The summed E-state index contributed by atoms with van der Waals surface area (Å²) in [6.07, 6.45) is -2.56. The van der Waals surface area contributed by atoms with Gasteiger partial charge in [-0.1, -0.05) is 0 Å². The Labute approximate surface area is 74.1 Å². The number of hydrogen-bond acceptors (Lipinski definition) is 5. The van der Waals surface area contributed by atoms with E-state index in [0.717, 1.165) is 0 Å². The van der Waals surface area contributed by atoms with Crippen molar-refractivity contribution < 1.29 is 24.4 Å². The van der Waals surface area contributed by atoms with Crippen molar-refractivity contribution in [1.82, 2.24) is 0 Å². The maximum atomic E-state index is 8.95. The van der Waals surface area contributed by atoms with Gasteiger partial charge in [-0.3, -0.25) is 10.2 Å². The fourth-order valence-electron chi connectivity index (χ4n) is 1.09. The number of benzene rings is 1. The molecule has 1 aliphatic rings. The highest BCUT2D eigenvalue weighted by Gasteiger charge is 2.38. The van der Waals surface area contributed by atoms with Gasteiger partial charge in [-0.15, -0.1) is 0 Å². The summed E-state index contributed by atoms with van der Waals surface area (Å²) in [7, 11) is 1.50. The standard InChI is InChI=1S/C8H8O5/c1-11-5-2-3-6-7(4-5)13-8(9,10)12-6/h2-4,9-10H,1H3. The zero-order valence-corrected chi connectivity index (χ0v) is 6.85. The van der Waals surface area contributed by atoms with Gasteiger partial charge < -0.3 is 14.2 Å². The zero-order valence-electron chi connectivity index (χ0n) is 6.85. The Hall–Kier alpha value is -1.46. The highest BCUT2D eigenvalue weighted by Crippen LogP contribution is 2.39. The van der Waals surface area contributed by atoms with Gasteiger partial charge in [0.25, 0.3) is 0 Å². The second kappa shape index (κ2) is 2.51. The van der Waals surface area contributed by atoms with Crippen molar-refractivity contribution in [3.8, 4) is 17.2 Å². The molecule has 0 bridgehead atoms. The molecule has 0 saturated heterocycles. The minimum atomic E-state index is -2.56. The summed E-state index contributed by atoms with van der Waals surface area (Å²) in [5, 5.41) is 17.9. The van der Waals surface area contributed by atoms with E-state index in [1.165, 1.54) is 19.2 Å². The second-order valence-electron chi connectivity index (χ2n) is 2.57. The normalized spacial score (nSPS) is 17.2. The van der Waals surface area contributed by atoms with Crippen LogP contribution >= 0.6 is 0 Å². The van der Waals surface area contributed by atoms with Crippen molar-refractivity contribution in [3.63, 3.8) is 0 Å². The van der Waals surface area contributed by atoms with E-state index in [1.54, 1.807) is 6.07 Å². The van der Waals surface area contributed by atoms with E-state index in [9.17, 15) is 0 Å². The van der Waals surface area contributed by atoms with Gasteiger partial charge in [0.2, 0.25) is 0 Å². The van der Waals surface area contributed by atoms with Crippen molar-refractivity contribution in [3.05, 3.63) is 18.2 Å². The maximum absolute atomic E-state index is 8.95. The van der Waals surface area contributed by atoms with Crippen LogP contribution in [-0.4, -0.2) is 23.5 Å². The quantitative estimate of drug-likeness (QED) is 0.604. The molecule has 70 valence electrons. The highest BCUT2D eigenvalue weighted by atomic mass is 17.0. The van der Waals surface area contributed by atoms with Crippen molar-refractivity contribution >= 4 is 0 Å². The summed E-state index contributed by atoms with van der Waals surface area (Å²) in [6, 6.07) is 4.66. The molecular weight excluding hydrogens is 176 g/mol. The van der Waals surface area contributed by atoms with E-state index >= 15 is 0 Å². The first-order valence-electron chi connectivity index (χ1n) is 3.61. The van der Waals surface area contributed by atoms with Crippen LogP contribution in [-0.2, 0) is 0 Å². The van der Waals surface area contributed by atoms with Crippen molar-refractivity contribution in [2.75, 3.05) is 7.11 Å². The summed E-state index contributed by atoms with van der Waals surface area (Å²) < 4.78 is 14.2. The number of rotatable bonds is 1. The van der Waals surface area contributed by atoms with Crippen LogP contribution in [0.3, 0.4) is 0 Å². The van der Waals surface area contributed by atoms with E-state index < -0.39 is 6.16 Å². The summed E-state index contributed by atoms with van der Waals surface area (Å²) >= 11 is 0. The summed E-state index contributed by atoms with van der Waals surface area (Å²) in [5.74, 6) is 1.07. The molecule has 1 aromatic rings. The van der Waals surface area contributed by atoms with Gasteiger partial charge in [-0.2, -0.15) is 0 Å². The Morgan fingerprint density at radius 3 is 2.62 bits per heavy atom. The molecule has 0 radical (unpaired) electrons. The molecular formula is C8H8O5. The SMILES string of the molecule is COc1ccc2c(c1)OC(O)(O)O2. The lowest BCUT2D eigenvalue weighted by molar-refractivity contribution is -0.385. The monoisotopic (exact) mass is 184 g/mol. The van der Waals surface area contributed by atoms with Gasteiger partial charge in [0.15, 0.2) is 11.5 Å². The molecule has 0 amide bonds. The molecule has 0 atom stereocenters. The number of methoxy groups -OCH3 is 1. The Morgan fingerprint density at radius 2 is 1.92 bits per heavy atom. The Bertz CT molecular complexity index is 333. The van der Waals surface area contributed by atoms with Crippen LogP contribution < -0.4 is 14.2 Å².